The molecule has 0 aliphatic heterocycles. The number of hydrogen-bond acceptors (Lipinski definition) is 4. The van der Waals surface area contributed by atoms with Crippen molar-refractivity contribution in [3.8, 4) is 0 Å². The number of carbonyl (C=O) groups is 1. The summed E-state index contributed by atoms with van der Waals surface area (Å²) in [5, 5.41) is -0.0506. The Hall–Kier alpha value is -0.220. The summed E-state index contributed by atoms with van der Waals surface area (Å²) in [5.74, 6) is 2.33. The molecule has 3 nitrogen and oxygen atoms in total. The minimum absolute atomic E-state index is 0.00126. The minimum atomic E-state index is -0.381. The Morgan fingerprint density at radius 3 is 2.10 bits per heavy atom. The van der Waals surface area contributed by atoms with Gasteiger partial charge in [-0.15, -0.1) is 11.8 Å². The first kappa shape index (κ1) is 30.8. The van der Waals surface area contributed by atoms with Crippen LogP contribution in [0.2, 0.25) is 0 Å². The van der Waals surface area contributed by atoms with Crippen LogP contribution < -0.4 is 0 Å². The van der Waals surface area contributed by atoms with E-state index < -0.39 is 0 Å². The molecule has 31 heavy (non-hydrogen) atoms. The smallest absolute Gasteiger partial charge is 0.319 e. The second-order valence-electron chi connectivity index (χ2n) is 11.2. The zero-order valence-electron chi connectivity index (χ0n) is 22.7. The predicted octanol–water partition coefficient (Wildman–Crippen LogP) is 7.82. The summed E-state index contributed by atoms with van der Waals surface area (Å²) in [5.41, 5.74) is -0.0136. The fourth-order valence-corrected chi connectivity index (χ4v) is 5.50. The SMILES string of the molecule is CCCC(C)CCC(C)(C)OC(=O)C(CCCC(C)(CCC)C(C)C)SCCN(C)C. The van der Waals surface area contributed by atoms with Crippen LogP contribution in [0.15, 0.2) is 0 Å². The van der Waals surface area contributed by atoms with E-state index in [1.54, 1.807) is 11.8 Å². The molecule has 0 aromatic heterocycles. The second kappa shape index (κ2) is 15.6. The number of carbonyl (C=O) groups excluding carboxylic acids is 1. The molecule has 0 amide bonds. The maximum absolute atomic E-state index is 13.2. The van der Waals surface area contributed by atoms with Crippen molar-refractivity contribution in [2.75, 3.05) is 26.4 Å². The highest BCUT2D eigenvalue weighted by atomic mass is 32.2. The van der Waals surface area contributed by atoms with E-state index in [1.807, 2.05) is 0 Å². The topological polar surface area (TPSA) is 29.5 Å². The maximum atomic E-state index is 13.2. The first-order valence-electron chi connectivity index (χ1n) is 12.9. The molecule has 3 unspecified atom stereocenters. The molecule has 4 heteroatoms. The fraction of sp³-hybridized carbons (Fsp3) is 0.963. The zero-order chi connectivity index (χ0) is 24.1. The molecule has 0 aromatic carbocycles. The van der Waals surface area contributed by atoms with Crippen LogP contribution in [0.3, 0.4) is 0 Å². The lowest BCUT2D eigenvalue weighted by Crippen LogP contribution is -2.34. The fourth-order valence-electron chi connectivity index (χ4n) is 4.23. The standard InChI is InChI=1S/C27H55NO2S/c1-11-14-23(5)16-19-26(6,7)30-25(29)24(31-21-20-28(9)10)15-13-18-27(8,17-12-2)22(3)4/h22-24H,11-21H2,1-10H3. The van der Waals surface area contributed by atoms with Crippen molar-refractivity contribution in [2.45, 2.75) is 124 Å². The van der Waals surface area contributed by atoms with Gasteiger partial charge >= 0.3 is 5.97 Å². The Morgan fingerprint density at radius 1 is 0.935 bits per heavy atom. The summed E-state index contributed by atoms with van der Waals surface area (Å²) >= 11 is 1.79. The van der Waals surface area contributed by atoms with E-state index >= 15 is 0 Å². The lowest BCUT2D eigenvalue weighted by molar-refractivity contribution is -0.156. The van der Waals surface area contributed by atoms with Gasteiger partial charge in [-0.25, -0.2) is 0 Å². The molecule has 0 N–H and O–H groups in total. The van der Waals surface area contributed by atoms with Gasteiger partial charge in [-0.2, -0.15) is 0 Å². The van der Waals surface area contributed by atoms with Crippen molar-refractivity contribution in [1.82, 2.24) is 4.90 Å². The summed E-state index contributed by atoms with van der Waals surface area (Å²) in [6.07, 6.45) is 10.2. The van der Waals surface area contributed by atoms with Gasteiger partial charge in [0.2, 0.25) is 0 Å². The largest absolute Gasteiger partial charge is 0.459 e. The van der Waals surface area contributed by atoms with Gasteiger partial charge in [0.1, 0.15) is 10.9 Å². The molecule has 0 aliphatic carbocycles. The molecule has 0 spiro atoms. The Balaban J connectivity index is 4.94. The lowest BCUT2D eigenvalue weighted by atomic mass is 9.72. The summed E-state index contributed by atoms with van der Waals surface area (Å²) in [7, 11) is 4.18. The number of esters is 1. The normalized spacial score (nSPS) is 16.4. The van der Waals surface area contributed by atoms with Crippen LogP contribution in [-0.4, -0.2) is 48.1 Å². The average Bonchev–Trinajstić information content (AvgIpc) is 2.65. The molecule has 3 atom stereocenters. The van der Waals surface area contributed by atoms with Crippen LogP contribution >= 0.6 is 11.8 Å². The van der Waals surface area contributed by atoms with E-state index in [9.17, 15) is 4.79 Å². The number of rotatable bonds is 18. The van der Waals surface area contributed by atoms with Gasteiger partial charge in [-0.1, -0.05) is 67.2 Å². The van der Waals surface area contributed by atoms with Gasteiger partial charge in [0.05, 0.1) is 0 Å². The van der Waals surface area contributed by atoms with Crippen LogP contribution in [-0.2, 0) is 9.53 Å². The van der Waals surface area contributed by atoms with E-state index in [1.165, 1.54) is 32.1 Å². The van der Waals surface area contributed by atoms with Crippen molar-refractivity contribution in [2.24, 2.45) is 17.3 Å². The molecule has 0 radical (unpaired) electrons. The van der Waals surface area contributed by atoms with Crippen LogP contribution in [0.25, 0.3) is 0 Å². The van der Waals surface area contributed by atoms with Gasteiger partial charge in [-0.3, -0.25) is 4.79 Å². The van der Waals surface area contributed by atoms with Crippen LogP contribution in [0.1, 0.15) is 113 Å². The number of nitrogens with zero attached hydrogens (tertiary/aromatic N) is 1. The summed E-state index contributed by atoms with van der Waals surface area (Å²) in [6.45, 7) is 19.1. The molecule has 0 aliphatic rings. The maximum Gasteiger partial charge on any atom is 0.319 e. The summed E-state index contributed by atoms with van der Waals surface area (Å²) in [6, 6.07) is 0. The van der Waals surface area contributed by atoms with Crippen molar-refractivity contribution in [3.05, 3.63) is 0 Å². The van der Waals surface area contributed by atoms with Crippen LogP contribution in [0.4, 0.5) is 0 Å². The van der Waals surface area contributed by atoms with Crippen molar-refractivity contribution >= 4 is 17.7 Å². The third kappa shape index (κ3) is 13.8. The first-order chi connectivity index (χ1) is 14.4. The van der Waals surface area contributed by atoms with Gasteiger partial charge in [-0.05, 0) is 77.3 Å². The molecule has 0 heterocycles. The van der Waals surface area contributed by atoms with Crippen molar-refractivity contribution < 1.29 is 9.53 Å². The van der Waals surface area contributed by atoms with Crippen LogP contribution in [0.5, 0.6) is 0 Å². The summed E-state index contributed by atoms with van der Waals surface area (Å²) < 4.78 is 6.09. The van der Waals surface area contributed by atoms with E-state index in [2.05, 4.69) is 74.4 Å². The van der Waals surface area contributed by atoms with E-state index in [4.69, 9.17) is 4.74 Å². The number of thioether (sulfide) groups is 1. The molecule has 0 rings (SSSR count). The van der Waals surface area contributed by atoms with Gasteiger partial charge in [0, 0.05) is 12.3 Å². The molecular weight excluding hydrogens is 402 g/mol. The third-order valence-corrected chi connectivity index (χ3v) is 8.20. The van der Waals surface area contributed by atoms with E-state index in [0.717, 1.165) is 38.0 Å². The number of ether oxygens (including phenoxy) is 1. The number of hydrogen-bond donors (Lipinski definition) is 0. The molecule has 186 valence electrons. The van der Waals surface area contributed by atoms with Crippen molar-refractivity contribution in [3.63, 3.8) is 0 Å². The molecular formula is C27H55NO2S. The lowest BCUT2D eigenvalue weighted by Gasteiger charge is -2.34. The molecule has 0 bridgehead atoms. The van der Waals surface area contributed by atoms with Crippen LogP contribution in [0, 0.1) is 17.3 Å². The quantitative estimate of drug-likeness (QED) is 0.196. The molecule has 0 aromatic rings. The van der Waals surface area contributed by atoms with E-state index in [0.29, 0.717) is 17.3 Å². The van der Waals surface area contributed by atoms with Gasteiger partial charge in [0.25, 0.3) is 0 Å². The van der Waals surface area contributed by atoms with Gasteiger partial charge < -0.3 is 9.64 Å². The van der Waals surface area contributed by atoms with Crippen molar-refractivity contribution in [1.29, 1.82) is 0 Å². The minimum Gasteiger partial charge on any atom is -0.459 e. The second-order valence-corrected chi connectivity index (χ2v) is 12.5. The molecule has 0 saturated heterocycles. The van der Waals surface area contributed by atoms with Gasteiger partial charge in [0.15, 0.2) is 0 Å². The molecule has 0 saturated carbocycles. The highest BCUT2D eigenvalue weighted by Crippen LogP contribution is 2.38. The van der Waals surface area contributed by atoms with E-state index in [-0.39, 0.29) is 16.8 Å². The first-order valence-corrected chi connectivity index (χ1v) is 13.9. The third-order valence-electron chi connectivity index (χ3n) is 6.95. The Kier molecular flexibility index (Phi) is 15.5. The highest BCUT2D eigenvalue weighted by Gasteiger charge is 2.31. The summed E-state index contributed by atoms with van der Waals surface area (Å²) in [4.78, 5) is 15.3. The zero-order valence-corrected chi connectivity index (χ0v) is 23.5. The molecule has 0 fully saturated rings. The Morgan fingerprint density at radius 2 is 1.58 bits per heavy atom. The Labute approximate surface area is 199 Å². The highest BCUT2D eigenvalue weighted by molar-refractivity contribution is 8.00. The predicted molar refractivity (Wildman–Crippen MR) is 140 cm³/mol. The monoisotopic (exact) mass is 457 g/mol. The Bertz CT molecular complexity index is 478. The average molecular weight is 458 g/mol.